The number of hydrogen-bond acceptors (Lipinski definition) is 5. The van der Waals surface area contributed by atoms with Crippen LogP contribution in [-0.2, 0) is 7.05 Å². The molecule has 0 atom stereocenters. The first-order chi connectivity index (χ1) is 13.7. The second kappa shape index (κ2) is 7.85. The standard InChI is InChI=1S/C21H14ClN5S/c1-27-20(18-4-2-3-11-24-18)26-19(14-5-8-16(12-23)25-13-14)21(27)28-17-9-6-15(22)7-10-17/h2-11,13H,1H3. The molecule has 0 aliphatic rings. The highest BCUT2D eigenvalue weighted by molar-refractivity contribution is 7.99. The van der Waals surface area contributed by atoms with E-state index in [1.807, 2.05) is 66.2 Å². The van der Waals surface area contributed by atoms with Crippen LogP contribution in [0, 0.1) is 11.3 Å². The second-order valence-corrected chi connectivity index (χ2v) is 7.46. The summed E-state index contributed by atoms with van der Waals surface area (Å²) in [6.07, 6.45) is 3.42. The lowest BCUT2D eigenvalue weighted by atomic mass is 10.2. The molecule has 0 bridgehead atoms. The molecule has 0 saturated heterocycles. The summed E-state index contributed by atoms with van der Waals surface area (Å²) in [5.41, 5.74) is 2.79. The van der Waals surface area contributed by atoms with Gasteiger partial charge < -0.3 is 4.57 Å². The summed E-state index contributed by atoms with van der Waals surface area (Å²) in [7, 11) is 1.97. The number of pyridine rings is 2. The van der Waals surface area contributed by atoms with Crippen molar-refractivity contribution in [3.8, 4) is 28.8 Å². The van der Waals surface area contributed by atoms with Gasteiger partial charge in [0, 0.05) is 34.9 Å². The van der Waals surface area contributed by atoms with Crippen molar-refractivity contribution in [3.63, 3.8) is 0 Å². The predicted octanol–water partition coefficient (Wildman–Crippen LogP) is 5.22. The number of hydrogen-bond donors (Lipinski definition) is 0. The average molecular weight is 404 g/mol. The maximum atomic E-state index is 9.01. The van der Waals surface area contributed by atoms with Crippen molar-refractivity contribution in [1.29, 1.82) is 5.26 Å². The fraction of sp³-hybridized carbons (Fsp3) is 0.0476. The molecule has 0 unspecified atom stereocenters. The Hall–Kier alpha value is -3.14. The van der Waals surface area contributed by atoms with Gasteiger partial charge >= 0.3 is 0 Å². The van der Waals surface area contributed by atoms with E-state index in [0.717, 1.165) is 32.7 Å². The van der Waals surface area contributed by atoms with Crippen LogP contribution in [0.1, 0.15) is 5.69 Å². The number of halogens is 1. The fourth-order valence-electron chi connectivity index (χ4n) is 2.73. The van der Waals surface area contributed by atoms with E-state index in [9.17, 15) is 0 Å². The van der Waals surface area contributed by atoms with Crippen LogP contribution in [0.2, 0.25) is 5.02 Å². The molecule has 0 N–H and O–H groups in total. The van der Waals surface area contributed by atoms with Gasteiger partial charge in [0.1, 0.15) is 28.2 Å². The van der Waals surface area contributed by atoms with Crippen LogP contribution in [0.5, 0.6) is 0 Å². The van der Waals surface area contributed by atoms with Gasteiger partial charge in [0.2, 0.25) is 0 Å². The smallest absolute Gasteiger partial charge is 0.159 e. The first-order valence-electron chi connectivity index (χ1n) is 8.44. The van der Waals surface area contributed by atoms with Crippen LogP contribution in [-0.4, -0.2) is 19.5 Å². The van der Waals surface area contributed by atoms with Gasteiger partial charge in [-0.2, -0.15) is 5.26 Å². The molecule has 0 fully saturated rings. The topological polar surface area (TPSA) is 67.4 Å². The van der Waals surface area contributed by atoms with Gasteiger partial charge in [-0.25, -0.2) is 9.97 Å². The monoisotopic (exact) mass is 403 g/mol. The summed E-state index contributed by atoms with van der Waals surface area (Å²) in [6, 6.07) is 19.0. The number of nitrogens with zero attached hydrogens (tertiary/aromatic N) is 5. The number of nitriles is 1. The minimum Gasteiger partial charge on any atom is -0.320 e. The van der Waals surface area contributed by atoms with E-state index >= 15 is 0 Å². The number of rotatable bonds is 4. The van der Waals surface area contributed by atoms with Crippen LogP contribution in [0.3, 0.4) is 0 Å². The molecule has 4 rings (SSSR count). The van der Waals surface area contributed by atoms with Gasteiger partial charge in [0.25, 0.3) is 0 Å². The third-order valence-electron chi connectivity index (χ3n) is 4.12. The first kappa shape index (κ1) is 18.2. The van der Waals surface area contributed by atoms with E-state index in [-0.39, 0.29) is 0 Å². The molecule has 0 spiro atoms. The number of benzene rings is 1. The molecule has 1 aromatic carbocycles. The van der Waals surface area contributed by atoms with Crippen LogP contribution in [0.25, 0.3) is 22.8 Å². The van der Waals surface area contributed by atoms with Crippen LogP contribution in [0.4, 0.5) is 0 Å². The Bertz CT molecular complexity index is 1150. The van der Waals surface area contributed by atoms with E-state index in [4.69, 9.17) is 21.8 Å². The van der Waals surface area contributed by atoms with Crippen LogP contribution < -0.4 is 0 Å². The maximum Gasteiger partial charge on any atom is 0.159 e. The third-order valence-corrected chi connectivity index (χ3v) is 5.54. The van der Waals surface area contributed by atoms with Crippen LogP contribution >= 0.6 is 23.4 Å². The zero-order valence-electron chi connectivity index (χ0n) is 14.9. The van der Waals surface area contributed by atoms with Crippen molar-refractivity contribution in [1.82, 2.24) is 19.5 Å². The lowest BCUT2D eigenvalue weighted by molar-refractivity contribution is 0.831. The quantitative estimate of drug-likeness (QED) is 0.467. The van der Waals surface area contributed by atoms with E-state index in [0.29, 0.717) is 10.7 Å². The molecule has 3 aromatic heterocycles. The minimum atomic E-state index is 0.372. The Labute approximate surface area is 171 Å². The largest absolute Gasteiger partial charge is 0.320 e. The molecule has 28 heavy (non-hydrogen) atoms. The summed E-state index contributed by atoms with van der Waals surface area (Å²) in [5, 5.41) is 10.7. The summed E-state index contributed by atoms with van der Waals surface area (Å²) in [5.74, 6) is 0.761. The van der Waals surface area contributed by atoms with Gasteiger partial charge in [0.05, 0.1) is 0 Å². The van der Waals surface area contributed by atoms with E-state index in [1.54, 1.807) is 30.2 Å². The van der Waals surface area contributed by atoms with Crippen molar-refractivity contribution >= 4 is 23.4 Å². The average Bonchev–Trinajstić information content (AvgIpc) is 3.06. The normalized spacial score (nSPS) is 10.6. The molecule has 3 heterocycles. The molecule has 7 heteroatoms. The van der Waals surface area contributed by atoms with Crippen molar-refractivity contribution in [2.45, 2.75) is 9.92 Å². The lowest BCUT2D eigenvalue weighted by Crippen LogP contribution is -1.96. The predicted molar refractivity (Wildman–Crippen MR) is 110 cm³/mol. The van der Waals surface area contributed by atoms with E-state index in [1.165, 1.54) is 0 Å². The third kappa shape index (κ3) is 3.63. The molecule has 136 valence electrons. The fourth-order valence-corrected chi connectivity index (χ4v) is 3.83. The molecule has 0 aliphatic carbocycles. The number of imidazole rings is 1. The SMILES string of the molecule is Cn1c(-c2ccccn2)nc(-c2ccc(C#N)nc2)c1Sc1ccc(Cl)cc1. The van der Waals surface area contributed by atoms with Crippen molar-refractivity contribution in [2.24, 2.45) is 7.05 Å². The zero-order valence-corrected chi connectivity index (χ0v) is 16.4. The Morgan fingerprint density at radius 3 is 2.50 bits per heavy atom. The van der Waals surface area contributed by atoms with Crippen LogP contribution in [0.15, 0.2) is 76.9 Å². The highest BCUT2D eigenvalue weighted by atomic mass is 35.5. The van der Waals surface area contributed by atoms with Crippen molar-refractivity contribution < 1.29 is 0 Å². The van der Waals surface area contributed by atoms with Gasteiger partial charge in [0.15, 0.2) is 5.82 Å². The summed E-state index contributed by atoms with van der Waals surface area (Å²) in [4.78, 5) is 14.5. The number of aromatic nitrogens is 4. The molecule has 0 aliphatic heterocycles. The summed E-state index contributed by atoms with van der Waals surface area (Å²) < 4.78 is 2.02. The van der Waals surface area contributed by atoms with Crippen molar-refractivity contribution in [2.75, 3.05) is 0 Å². The molecular weight excluding hydrogens is 390 g/mol. The van der Waals surface area contributed by atoms with Gasteiger partial charge in [-0.3, -0.25) is 4.98 Å². The Balaban J connectivity index is 1.84. The minimum absolute atomic E-state index is 0.372. The lowest BCUT2D eigenvalue weighted by Gasteiger charge is -2.07. The van der Waals surface area contributed by atoms with Gasteiger partial charge in [-0.05, 0) is 48.5 Å². The first-order valence-corrected chi connectivity index (χ1v) is 9.63. The van der Waals surface area contributed by atoms with Gasteiger partial charge in [-0.1, -0.05) is 29.4 Å². The second-order valence-electron chi connectivity index (χ2n) is 5.96. The Morgan fingerprint density at radius 1 is 1.04 bits per heavy atom. The molecular formula is C21H14ClN5S. The molecule has 0 amide bonds. The summed E-state index contributed by atoms with van der Waals surface area (Å²) in [6.45, 7) is 0. The van der Waals surface area contributed by atoms with E-state index in [2.05, 4.69) is 9.97 Å². The maximum absolute atomic E-state index is 9.01. The molecule has 5 nitrogen and oxygen atoms in total. The highest BCUT2D eigenvalue weighted by Crippen LogP contribution is 2.38. The molecule has 0 radical (unpaired) electrons. The molecule has 0 saturated carbocycles. The molecule has 4 aromatic rings. The Morgan fingerprint density at radius 2 is 1.86 bits per heavy atom. The zero-order chi connectivity index (χ0) is 19.5. The summed E-state index contributed by atoms with van der Waals surface area (Å²) >= 11 is 7.61. The Kier molecular flexibility index (Phi) is 5.11. The van der Waals surface area contributed by atoms with Crippen molar-refractivity contribution in [3.05, 3.63) is 77.7 Å². The highest BCUT2D eigenvalue weighted by Gasteiger charge is 2.19. The van der Waals surface area contributed by atoms with Gasteiger partial charge in [-0.15, -0.1) is 0 Å². The van der Waals surface area contributed by atoms with E-state index < -0.39 is 0 Å².